The van der Waals surface area contributed by atoms with E-state index in [9.17, 15) is 9.59 Å². The van der Waals surface area contributed by atoms with Crippen LogP contribution < -0.4 is 11.3 Å². The zero-order valence-electron chi connectivity index (χ0n) is 9.01. The second-order valence-electron chi connectivity index (χ2n) is 3.85. The van der Waals surface area contributed by atoms with Crippen molar-refractivity contribution in [1.29, 1.82) is 0 Å². The monoisotopic (exact) mass is 232 g/mol. The number of pyridine rings is 1. The van der Waals surface area contributed by atoms with Crippen molar-refractivity contribution in [2.75, 3.05) is 0 Å². The van der Waals surface area contributed by atoms with Gasteiger partial charge < -0.3 is 15.8 Å². The lowest BCUT2D eigenvalue weighted by molar-refractivity contribution is -0.138. The van der Waals surface area contributed by atoms with Gasteiger partial charge in [0.05, 0.1) is 0 Å². The zero-order valence-corrected chi connectivity index (χ0v) is 9.01. The molecule has 5 nitrogen and oxygen atoms in total. The van der Waals surface area contributed by atoms with Crippen LogP contribution >= 0.6 is 0 Å². The van der Waals surface area contributed by atoms with Crippen molar-refractivity contribution in [3.05, 3.63) is 46.2 Å². The molecule has 0 aliphatic rings. The average molecular weight is 232 g/mol. The number of aromatic amines is 1. The van der Waals surface area contributed by atoms with E-state index in [1.54, 1.807) is 18.2 Å². The standard InChI is InChI=1S/C12H12N2O3/c13-9(12(16)17)6-7-2-1-3-10-8(7)4-5-11(15)14-10/h1-5,9H,6,13H2,(H,14,15)(H,16,17)/t9-/m0/s1. The van der Waals surface area contributed by atoms with Crippen molar-refractivity contribution < 1.29 is 9.90 Å². The van der Waals surface area contributed by atoms with Crippen molar-refractivity contribution in [1.82, 2.24) is 4.98 Å². The van der Waals surface area contributed by atoms with Crippen LogP contribution in [0.25, 0.3) is 10.9 Å². The van der Waals surface area contributed by atoms with Crippen molar-refractivity contribution in [2.24, 2.45) is 5.73 Å². The third-order valence-corrected chi connectivity index (χ3v) is 2.61. The second kappa shape index (κ2) is 4.39. The maximum Gasteiger partial charge on any atom is 0.320 e. The average Bonchev–Trinajstić information content (AvgIpc) is 2.28. The molecule has 0 saturated carbocycles. The molecule has 0 aliphatic heterocycles. The van der Waals surface area contributed by atoms with Crippen LogP contribution in [0.4, 0.5) is 0 Å². The molecule has 4 N–H and O–H groups in total. The fraction of sp³-hybridized carbons (Fsp3) is 0.167. The summed E-state index contributed by atoms with van der Waals surface area (Å²) in [5.74, 6) is -1.04. The summed E-state index contributed by atoms with van der Waals surface area (Å²) in [7, 11) is 0. The first-order valence-corrected chi connectivity index (χ1v) is 5.17. The summed E-state index contributed by atoms with van der Waals surface area (Å²) in [6, 6.07) is 7.50. The SMILES string of the molecule is N[C@@H](Cc1cccc2[nH]c(=O)ccc12)C(=O)O. The molecule has 0 bridgehead atoms. The van der Waals surface area contributed by atoms with Gasteiger partial charge in [0.25, 0.3) is 0 Å². The number of H-pyrrole nitrogens is 1. The molecule has 0 unspecified atom stereocenters. The number of carbonyl (C=O) groups is 1. The topological polar surface area (TPSA) is 96.2 Å². The van der Waals surface area contributed by atoms with Gasteiger partial charge in [-0.3, -0.25) is 9.59 Å². The summed E-state index contributed by atoms with van der Waals surface area (Å²) in [6.45, 7) is 0. The minimum atomic E-state index is -1.04. The Kier molecular flexibility index (Phi) is 2.93. The second-order valence-corrected chi connectivity index (χ2v) is 3.85. The molecular weight excluding hydrogens is 220 g/mol. The van der Waals surface area contributed by atoms with E-state index in [0.29, 0.717) is 5.52 Å². The van der Waals surface area contributed by atoms with E-state index in [1.165, 1.54) is 6.07 Å². The third kappa shape index (κ3) is 2.34. The van der Waals surface area contributed by atoms with Crippen LogP contribution in [0, 0.1) is 0 Å². The Bertz CT molecular complexity index is 618. The minimum Gasteiger partial charge on any atom is -0.480 e. The molecule has 17 heavy (non-hydrogen) atoms. The summed E-state index contributed by atoms with van der Waals surface area (Å²) >= 11 is 0. The van der Waals surface area contributed by atoms with Crippen LogP contribution in [0.1, 0.15) is 5.56 Å². The fourth-order valence-electron chi connectivity index (χ4n) is 1.75. The van der Waals surface area contributed by atoms with Crippen molar-refractivity contribution >= 4 is 16.9 Å². The molecule has 1 atom stereocenters. The number of aromatic nitrogens is 1. The number of hydrogen-bond acceptors (Lipinski definition) is 3. The van der Waals surface area contributed by atoms with Crippen LogP contribution in [0.2, 0.25) is 0 Å². The Morgan fingerprint density at radius 1 is 1.35 bits per heavy atom. The number of nitrogens with one attached hydrogen (secondary N) is 1. The molecule has 0 aliphatic carbocycles. The summed E-state index contributed by atoms with van der Waals surface area (Å²) in [5, 5.41) is 9.60. The Balaban J connectivity index is 2.47. The van der Waals surface area contributed by atoms with Crippen LogP contribution in [0.15, 0.2) is 35.1 Å². The van der Waals surface area contributed by atoms with E-state index in [-0.39, 0.29) is 12.0 Å². The smallest absolute Gasteiger partial charge is 0.320 e. The first-order valence-electron chi connectivity index (χ1n) is 5.17. The summed E-state index contributed by atoms with van der Waals surface area (Å²) in [6.07, 6.45) is 0.235. The maximum absolute atomic E-state index is 11.2. The normalized spacial score (nSPS) is 12.5. The van der Waals surface area contributed by atoms with E-state index >= 15 is 0 Å². The molecule has 88 valence electrons. The van der Waals surface area contributed by atoms with Gasteiger partial charge in [0.1, 0.15) is 6.04 Å². The molecule has 2 rings (SSSR count). The van der Waals surface area contributed by atoms with Gasteiger partial charge in [-0.15, -0.1) is 0 Å². The van der Waals surface area contributed by atoms with Gasteiger partial charge in [0, 0.05) is 17.0 Å². The Labute approximate surface area is 96.9 Å². The Morgan fingerprint density at radius 2 is 2.12 bits per heavy atom. The van der Waals surface area contributed by atoms with E-state index in [0.717, 1.165) is 10.9 Å². The molecule has 0 spiro atoms. The number of benzene rings is 1. The predicted octanol–water partition coefficient (Wildman–Crippen LogP) is 0.482. The highest BCUT2D eigenvalue weighted by molar-refractivity contribution is 5.83. The molecule has 0 fully saturated rings. The van der Waals surface area contributed by atoms with Crippen molar-refractivity contribution in [2.45, 2.75) is 12.5 Å². The van der Waals surface area contributed by atoms with Crippen LogP contribution in [-0.4, -0.2) is 22.1 Å². The molecule has 2 aromatic rings. The lowest BCUT2D eigenvalue weighted by atomic mass is 10.0. The van der Waals surface area contributed by atoms with Crippen molar-refractivity contribution in [3.63, 3.8) is 0 Å². The summed E-state index contributed by atoms with van der Waals surface area (Å²) in [5.41, 5.74) is 6.82. The highest BCUT2D eigenvalue weighted by atomic mass is 16.4. The molecule has 0 saturated heterocycles. The molecule has 1 aromatic carbocycles. The van der Waals surface area contributed by atoms with E-state index < -0.39 is 12.0 Å². The molecule has 1 heterocycles. The van der Waals surface area contributed by atoms with Crippen LogP contribution in [0.5, 0.6) is 0 Å². The Morgan fingerprint density at radius 3 is 2.82 bits per heavy atom. The lowest BCUT2D eigenvalue weighted by Gasteiger charge is -2.09. The van der Waals surface area contributed by atoms with E-state index in [4.69, 9.17) is 10.8 Å². The number of nitrogens with two attached hydrogens (primary N) is 1. The summed E-state index contributed by atoms with van der Waals surface area (Å²) in [4.78, 5) is 24.6. The number of carboxylic acids is 1. The van der Waals surface area contributed by atoms with Gasteiger partial charge in [0.2, 0.25) is 5.56 Å². The number of hydrogen-bond donors (Lipinski definition) is 3. The molecule has 0 amide bonds. The number of fused-ring (bicyclic) bond motifs is 1. The van der Waals surface area contributed by atoms with Crippen LogP contribution in [0.3, 0.4) is 0 Å². The van der Waals surface area contributed by atoms with Gasteiger partial charge in [-0.05, 0) is 24.1 Å². The number of aliphatic carboxylic acids is 1. The van der Waals surface area contributed by atoms with Gasteiger partial charge >= 0.3 is 5.97 Å². The van der Waals surface area contributed by atoms with Crippen molar-refractivity contribution in [3.8, 4) is 0 Å². The Hall–Kier alpha value is -2.14. The fourth-order valence-corrected chi connectivity index (χ4v) is 1.75. The first-order chi connectivity index (χ1) is 8.08. The van der Waals surface area contributed by atoms with Gasteiger partial charge in [-0.25, -0.2) is 0 Å². The minimum absolute atomic E-state index is 0.183. The van der Waals surface area contributed by atoms with E-state index in [1.807, 2.05) is 6.07 Å². The quantitative estimate of drug-likeness (QED) is 0.717. The highest BCUT2D eigenvalue weighted by Gasteiger charge is 2.13. The molecular formula is C12H12N2O3. The van der Waals surface area contributed by atoms with Gasteiger partial charge in [-0.1, -0.05) is 12.1 Å². The van der Waals surface area contributed by atoms with E-state index in [2.05, 4.69) is 4.98 Å². The van der Waals surface area contributed by atoms with Gasteiger partial charge in [-0.2, -0.15) is 0 Å². The largest absolute Gasteiger partial charge is 0.480 e. The van der Waals surface area contributed by atoms with Crippen LogP contribution in [-0.2, 0) is 11.2 Å². The molecule has 5 heteroatoms. The molecule has 0 radical (unpaired) electrons. The number of rotatable bonds is 3. The van der Waals surface area contributed by atoms with Gasteiger partial charge in [0.15, 0.2) is 0 Å². The lowest BCUT2D eigenvalue weighted by Crippen LogP contribution is -2.32. The predicted molar refractivity (Wildman–Crippen MR) is 63.9 cm³/mol. The highest BCUT2D eigenvalue weighted by Crippen LogP contribution is 2.16. The third-order valence-electron chi connectivity index (χ3n) is 2.61. The zero-order chi connectivity index (χ0) is 12.4. The first kappa shape index (κ1) is 11.3. The molecule has 1 aromatic heterocycles. The summed E-state index contributed by atoms with van der Waals surface area (Å²) < 4.78 is 0. The maximum atomic E-state index is 11.2. The number of carboxylic acid groups (broad SMARTS) is 1.